The van der Waals surface area contributed by atoms with E-state index in [-0.39, 0.29) is 0 Å². The van der Waals surface area contributed by atoms with Gasteiger partial charge in [-0.05, 0) is 29.3 Å². The molecular weight excluding hydrogens is 707 g/mol. The fourth-order valence-electron chi connectivity index (χ4n) is 7.49. The van der Waals surface area contributed by atoms with E-state index in [1.165, 1.54) is 5.56 Å². The number of aromatic nitrogens is 5. The molecule has 4 heterocycles. The van der Waals surface area contributed by atoms with Crippen LogP contribution in [-0.4, -0.2) is 24.9 Å². The van der Waals surface area contributed by atoms with Crippen LogP contribution in [0.25, 0.3) is 110 Å². The number of thiophene rings is 1. The van der Waals surface area contributed by atoms with Crippen LogP contribution in [0.3, 0.4) is 0 Å². The predicted octanol–water partition coefficient (Wildman–Crippen LogP) is 12.9. The van der Waals surface area contributed by atoms with Crippen molar-refractivity contribution in [3.05, 3.63) is 176 Å². The van der Waals surface area contributed by atoms with Crippen molar-refractivity contribution in [2.45, 2.75) is 0 Å². The molecule has 0 aliphatic carbocycles. The number of hydrogen-bond donors (Lipinski definition) is 0. The first-order valence-electron chi connectivity index (χ1n) is 18.4. The summed E-state index contributed by atoms with van der Waals surface area (Å²) in [6.45, 7) is 0. The second-order valence-electron chi connectivity index (χ2n) is 13.6. The molecule has 0 aliphatic heterocycles. The van der Waals surface area contributed by atoms with Crippen LogP contribution in [0.15, 0.2) is 180 Å². The Morgan fingerprint density at radius 3 is 1.61 bits per heavy atom. The first kappa shape index (κ1) is 32.1. The molecule has 0 fully saturated rings. The van der Waals surface area contributed by atoms with E-state index in [1.54, 1.807) is 11.3 Å². The van der Waals surface area contributed by atoms with Gasteiger partial charge in [-0.2, -0.15) is 0 Å². The SMILES string of the molecule is c1ccc(-c2ccc(-c3nc(-c4cccc5c4oc4cccc(-c6nc(-c7ccccc7)nc(-c7ccccc7)n6)c45)c4sc5ccccc5c4n3)cc2)cc1. The van der Waals surface area contributed by atoms with Gasteiger partial charge in [0.1, 0.15) is 11.2 Å². The lowest BCUT2D eigenvalue weighted by Gasteiger charge is -2.09. The van der Waals surface area contributed by atoms with Gasteiger partial charge in [0.05, 0.1) is 15.9 Å². The Kier molecular flexibility index (Phi) is 7.57. The molecular formula is C49H29N5OS. The van der Waals surface area contributed by atoms with Crippen LogP contribution in [0.5, 0.6) is 0 Å². The van der Waals surface area contributed by atoms with E-state index in [4.69, 9.17) is 29.3 Å². The molecule has 56 heavy (non-hydrogen) atoms. The van der Waals surface area contributed by atoms with Crippen LogP contribution in [-0.2, 0) is 0 Å². The number of benzene rings is 7. The predicted molar refractivity (Wildman–Crippen MR) is 228 cm³/mol. The maximum atomic E-state index is 6.84. The van der Waals surface area contributed by atoms with E-state index in [1.807, 2.05) is 78.9 Å². The van der Waals surface area contributed by atoms with Crippen LogP contribution in [0.1, 0.15) is 0 Å². The van der Waals surface area contributed by atoms with Crippen molar-refractivity contribution in [1.82, 2.24) is 24.9 Å². The van der Waals surface area contributed by atoms with Gasteiger partial charge in [-0.1, -0.05) is 158 Å². The number of furan rings is 1. The molecule has 11 aromatic rings. The molecule has 0 saturated carbocycles. The second-order valence-corrected chi connectivity index (χ2v) is 14.7. The summed E-state index contributed by atoms with van der Waals surface area (Å²) in [5.41, 5.74) is 10.1. The average Bonchev–Trinajstić information content (AvgIpc) is 3.86. The van der Waals surface area contributed by atoms with Crippen molar-refractivity contribution in [2.75, 3.05) is 0 Å². The number of rotatable bonds is 6. The highest BCUT2D eigenvalue weighted by atomic mass is 32.1. The van der Waals surface area contributed by atoms with E-state index in [0.29, 0.717) is 23.3 Å². The minimum absolute atomic E-state index is 0.576. The van der Waals surface area contributed by atoms with Gasteiger partial charge >= 0.3 is 0 Å². The second kappa shape index (κ2) is 13.2. The summed E-state index contributed by atoms with van der Waals surface area (Å²) in [4.78, 5) is 25.6. The lowest BCUT2D eigenvalue weighted by atomic mass is 10.0. The zero-order chi connectivity index (χ0) is 37.0. The molecule has 0 atom stereocenters. The van der Waals surface area contributed by atoms with Crippen molar-refractivity contribution >= 4 is 53.6 Å². The molecule has 0 radical (unpaired) electrons. The fourth-order valence-corrected chi connectivity index (χ4v) is 8.64. The molecule has 262 valence electrons. The molecule has 11 rings (SSSR count). The lowest BCUT2D eigenvalue weighted by Crippen LogP contribution is -2.00. The van der Waals surface area contributed by atoms with Crippen molar-refractivity contribution in [1.29, 1.82) is 0 Å². The number of hydrogen-bond acceptors (Lipinski definition) is 7. The summed E-state index contributed by atoms with van der Waals surface area (Å²) in [6, 6.07) is 59.8. The third kappa shape index (κ3) is 5.44. The normalized spacial score (nSPS) is 11.6. The molecule has 0 saturated heterocycles. The zero-order valence-electron chi connectivity index (χ0n) is 29.8. The maximum absolute atomic E-state index is 6.84. The highest BCUT2D eigenvalue weighted by molar-refractivity contribution is 7.26. The Hall–Kier alpha value is -7.35. The van der Waals surface area contributed by atoms with E-state index >= 15 is 0 Å². The fraction of sp³-hybridized carbons (Fsp3) is 0. The van der Waals surface area contributed by atoms with Crippen LogP contribution in [0.4, 0.5) is 0 Å². The zero-order valence-corrected chi connectivity index (χ0v) is 30.6. The Bertz CT molecular complexity index is 3180. The maximum Gasteiger partial charge on any atom is 0.164 e. The third-order valence-electron chi connectivity index (χ3n) is 10.2. The molecule has 7 heteroatoms. The standard InChI is InChI=1S/C49H29N5OS/c1-4-14-30(15-5-1)31-26-28-34(29-27-31)46-50-42-35-20-10-11-25-40(35)56-45(42)43(51-46)38-23-12-21-36-41-37(22-13-24-39(41)55-44(36)38)49-53-47(32-16-6-2-7-17-32)52-48(54-49)33-18-8-3-9-19-33/h1-29H. The molecule has 0 spiro atoms. The van der Waals surface area contributed by atoms with Gasteiger partial charge < -0.3 is 4.42 Å². The number of para-hydroxylation sites is 1. The number of fused-ring (bicyclic) bond motifs is 6. The summed E-state index contributed by atoms with van der Waals surface area (Å²) >= 11 is 1.71. The summed E-state index contributed by atoms with van der Waals surface area (Å²) < 4.78 is 9.01. The van der Waals surface area contributed by atoms with Crippen molar-refractivity contribution in [2.24, 2.45) is 0 Å². The highest BCUT2D eigenvalue weighted by Gasteiger charge is 2.23. The van der Waals surface area contributed by atoms with E-state index in [2.05, 4.69) is 97.1 Å². The molecule has 0 aliphatic rings. The quantitative estimate of drug-likeness (QED) is 0.169. The van der Waals surface area contributed by atoms with Gasteiger partial charge in [-0.15, -0.1) is 11.3 Å². The molecule has 0 bridgehead atoms. The molecule has 7 aromatic carbocycles. The molecule has 4 aromatic heterocycles. The minimum atomic E-state index is 0.576. The van der Waals surface area contributed by atoms with Crippen molar-refractivity contribution < 1.29 is 4.42 Å². The third-order valence-corrected chi connectivity index (χ3v) is 11.4. The molecule has 6 nitrogen and oxygen atoms in total. The van der Waals surface area contributed by atoms with Crippen molar-refractivity contribution in [3.8, 4) is 67.9 Å². The van der Waals surface area contributed by atoms with Gasteiger partial charge in [0.15, 0.2) is 23.3 Å². The first-order valence-corrected chi connectivity index (χ1v) is 19.2. The summed E-state index contributed by atoms with van der Waals surface area (Å²) in [5, 5.41) is 3.00. The van der Waals surface area contributed by atoms with E-state index in [0.717, 1.165) is 81.3 Å². The van der Waals surface area contributed by atoms with Gasteiger partial charge in [-0.25, -0.2) is 24.9 Å². The molecule has 0 N–H and O–H groups in total. The number of nitrogens with zero attached hydrogens (tertiary/aromatic N) is 5. The van der Waals surface area contributed by atoms with Crippen LogP contribution >= 0.6 is 11.3 Å². The Balaban J connectivity index is 1.12. The van der Waals surface area contributed by atoms with Gasteiger partial charge in [0, 0.05) is 48.7 Å². The summed E-state index contributed by atoms with van der Waals surface area (Å²) in [5.74, 6) is 2.46. The average molecular weight is 736 g/mol. The van der Waals surface area contributed by atoms with Gasteiger partial charge in [0.25, 0.3) is 0 Å². The first-order chi connectivity index (χ1) is 27.7. The smallest absolute Gasteiger partial charge is 0.164 e. The molecule has 0 amide bonds. The van der Waals surface area contributed by atoms with Crippen molar-refractivity contribution in [3.63, 3.8) is 0 Å². The Morgan fingerprint density at radius 2 is 0.893 bits per heavy atom. The van der Waals surface area contributed by atoms with Gasteiger partial charge in [-0.3, -0.25) is 0 Å². The van der Waals surface area contributed by atoms with Crippen LogP contribution < -0.4 is 0 Å². The molecule has 0 unspecified atom stereocenters. The van der Waals surface area contributed by atoms with E-state index < -0.39 is 0 Å². The Morgan fingerprint density at radius 1 is 0.375 bits per heavy atom. The van der Waals surface area contributed by atoms with E-state index in [9.17, 15) is 0 Å². The van der Waals surface area contributed by atoms with Crippen LogP contribution in [0.2, 0.25) is 0 Å². The van der Waals surface area contributed by atoms with Crippen LogP contribution in [0, 0.1) is 0 Å². The van der Waals surface area contributed by atoms with Gasteiger partial charge in [0.2, 0.25) is 0 Å². The summed E-state index contributed by atoms with van der Waals surface area (Å²) in [7, 11) is 0. The monoisotopic (exact) mass is 735 g/mol. The Labute approximate surface area is 325 Å². The lowest BCUT2D eigenvalue weighted by molar-refractivity contribution is 0.670. The summed E-state index contributed by atoms with van der Waals surface area (Å²) in [6.07, 6.45) is 0. The highest BCUT2D eigenvalue weighted by Crippen LogP contribution is 2.44. The largest absolute Gasteiger partial charge is 0.455 e. The topological polar surface area (TPSA) is 77.6 Å². The minimum Gasteiger partial charge on any atom is -0.455 e.